The molecule has 4 rings (SSSR count). The molecule has 2 aromatic heterocycles. The molecule has 0 aliphatic carbocycles. The molecule has 8 nitrogen and oxygen atoms in total. The SMILES string of the molecule is CN(C)CCCNC(=O)CC1CSc2nc3c(cnn3-c3ccccc3)c(=O)n21. The van der Waals surface area contributed by atoms with Crippen molar-refractivity contribution in [1.82, 2.24) is 29.5 Å². The molecule has 0 saturated carbocycles. The van der Waals surface area contributed by atoms with E-state index in [1.165, 1.54) is 11.8 Å². The lowest BCUT2D eigenvalue weighted by Gasteiger charge is -2.14. The lowest BCUT2D eigenvalue weighted by atomic mass is 10.2. The first-order valence-electron chi connectivity index (χ1n) is 9.64. The van der Waals surface area contributed by atoms with Gasteiger partial charge in [0.25, 0.3) is 5.56 Å². The van der Waals surface area contributed by atoms with Crippen molar-refractivity contribution in [2.24, 2.45) is 0 Å². The van der Waals surface area contributed by atoms with Gasteiger partial charge in [-0.1, -0.05) is 30.0 Å². The van der Waals surface area contributed by atoms with Gasteiger partial charge in [-0.05, 0) is 39.2 Å². The van der Waals surface area contributed by atoms with Gasteiger partial charge in [-0.3, -0.25) is 14.2 Å². The highest BCUT2D eigenvalue weighted by Crippen LogP contribution is 2.33. The van der Waals surface area contributed by atoms with Crippen molar-refractivity contribution in [3.05, 3.63) is 46.9 Å². The maximum absolute atomic E-state index is 13.1. The number of hydrogen-bond donors (Lipinski definition) is 1. The zero-order valence-electron chi connectivity index (χ0n) is 16.5. The van der Waals surface area contributed by atoms with Gasteiger partial charge in [0.15, 0.2) is 10.8 Å². The number of carbonyl (C=O) groups excluding carboxylic acids is 1. The minimum atomic E-state index is -0.187. The van der Waals surface area contributed by atoms with Crippen molar-refractivity contribution in [1.29, 1.82) is 0 Å². The number of thioether (sulfide) groups is 1. The Morgan fingerprint density at radius 3 is 2.86 bits per heavy atom. The highest BCUT2D eigenvalue weighted by atomic mass is 32.2. The van der Waals surface area contributed by atoms with Crippen LogP contribution in [0.15, 0.2) is 46.5 Å². The van der Waals surface area contributed by atoms with Gasteiger partial charge in [0.2, 0.25) is 5.91 Å². The molecular weight excluding hydrogens is 388 g/mol. The van der Waals surface area contributed by atoms with Crippen LogP contribution in [-0.2, 0) is 4.79 Å². The number of nitrogens with zero attached hydrogens (tertiary/aromatic N) is 5. The molecule has 0 radical (unpaired) electrons. The summed E-state index contributed by atoms with van der Waals surface area (Å²) in [6.45, 7) is 1.56. The first kappa shape index (κ1) is 19.7. The molecule has 1 amide bonds. The van der Waals surface area contributed by atoms with Gasteiger partial charge < -0.3 is 10.2 Å². The minimum Gasteiger partial charge on any atom is -0.356 e. The van der Waals surface area contributed by atoms with Crippen LogP contribution in [0.5, 0.6) is 0 Å². The lowest BCUT2D eigenvalue weighted by Crippen LogP contribution is -2.32. The summed E-state index contributed by atoms with van der Waals surface area (Å²) in [5, 5.41) is 8.43. The van der Waals surface area contributed by atoms with Crippen molar-refractivity contribution in [3.8, 4) is 5.69 Å². The first-order chi connectivity index (χ1) is 14.0. The van der Waals surface area contributed by atoms with E-state index >= 15 is 0 Å². The number of nitrogens with one attached hydrogen (secondary N) is 1. The predicted octanol–water partition coefficient (Wildman–Crippen LogP) is 1.69. The number of rotatable bonds is 7. The zero-order chi connectivity index (χ0) is 20.4. The van der Waals surface area contributed by atoms with E-state index in [0.717, 1.165) is 18.7 Å². The minimum absolute atomic E-state index is 0.0332. The summed E-state index contributed by atoms with van der Waals surface area (Å²) in [7, 11) is 4.02. The molecule has 1 aliphatic rings. The highest BCUT2D eigenvalue weighted by Gasteiger charge is 2.29. The van der Waals surface area contributed by atoms with E-state index in [2.05, 4.69) is 15.3 Å². The quantitative estimate of drug-likeness (QED) is 0.470. The Hall–Kier alpha value is -2.65. The van der Waals surface area contributed by atoms with Gasteiger partial charge in [-0.25, -0.2) is 9.67 Å². The molecule has 3 heterocycles. The Kier molecular flexibility index (Phi) is 5.68. The van der Waals surface area contributed by atoms with Crippen molar-refractivity contribution in [3.63, 3.8) is 0 Å². The van der Waals surface area contributed by atoms with E-state index in [1.54, 1.807) is 15.4 Å². The number of aromatic nitrogens is 4. The molecule has 0 bridgehead atoms. The number of amides is 1. The van der Waals surface area contributed by atoms with Crippen LogP contribution in [0.2, 0.25) is 0 Å². The molecule has 3 aromatic rings. The summed E-state index contributed by atoms with van der Waals surface area (Å²) in [6, 6.07) is 9.44. The van der Waals surface area contributed by atoms with Gasteiger partial charge >= 0.3 is 0 Å². The second-order valence-electron chi connectivity index (χ2n) is 7.37. The second kappa shape index (κ2) is 8.38. The number of fused-ring (bicyclic) bond motifs is 2. The van der Waals surface area contributed by atoms with E-state index in [0.29, 0.717) is 28.5 Å². The summed E-state index contributed by atoms with van der Waals surface area (Å²) >= 11 is 1.51. The van der Waals surface area contributed by atoms with Gasteiger partial charge in [0.1, 0.15) is 5.39 Å². The zero-order valence-corrected chi connectivity index (χ0v) is 17.4. The van der Waals surface area contributed by atoms with Gasteiger partial charge in [-0.2, -0.15) is 5.10 Å². The number of carbonyl (C=O) groups is 1. The van der Waals surface area contributed by atoms with Gasteiger partial charge in [0, 0.05) is 18.7 Å². The third-order valence-corrected chi connectivity index (χ3v) is 5.99. The molecule has 0 saturated heterocycles. The molecule has 1 unspecified atom stereocenters. The summed E-state index contributed by atoms with van der Waals surface area (Å²) < 4.78 is 3.34. The summed E-state index contributed by atoms with van der Waals surface area (Å²) in [5.74, 6) is 0.632. The Labute approximate surface area is 172 Å². The fraction of sp³-hybridized carbons (Fsp3) is 0.400. The van der Waals surface area contributed by atoms with E-state index in [9.17, 15) is 9.59 Å². The fourth-order valence-electron chi connectivity index (χ4n) is 3.45. The highest BCUT2D eigenvalue weighted by molar-refractivity contribution is 7.99. The number of para-hydroxylation sites is 1. The third kappa shape index (κ3) is 4.06. The normalized spacial score (nSPS) is 15.8. The van der Waals surface area contributed by atoms with Crippen LogP contribution >= 0.6 is 11.8 Å². The maximum atomic E-state index is 13.1. The Morgan fingerprint density at radius 2 is 2.10 bits per heavy atom. The molecule has 9 heteroatoms. The van der Waals surface area contributed by atoms with E-state index in [-0.39, 0.29) is 23.9 Å². The molecule has 0 fully saturated rings. The van der Waals surface area contributed by atoms with Crippen LogP contribution in [0.25, 0.3) is 16.7 Å². The fourth-order valence-corrected chi connectivity index (χ4v) is 4.58. The average molecular weight is 413 g/mol. The molecule has 0 spiro atoms. The van der Waals surface area contributed by atoms with Crippen LogP contribution in [0.3, 0.4) is 0 Å². The number of benzene rings is 1. The van der Waals surface area contributed by atoms with E-state index in [4.69, 9.17) is 4.98 Å². The van der Waals surface area contributed by atoms with Crippen LogP contribution in [0.1, 0.15) is 18.9 Å². The lowest BCUT2D eigenvalue weighted by molar-refractivity contribution is -0.121. The van der Waals surface area contributed by atoms with Crippen molar-refractivity contribution in [2.45, 2.75) is 24.0 Å². The van der Waals surface area contributed by atoms with Crippen LogP contribution in [-0.4, -0.2) is 63.1 Å². The number of hydrogen-bond acceptors (Lipinski definition) is 6. The van der Waals surface area contributed by atoms with E-state index < -0.39 is 0 Å². The molecule has 1 aliphatic heterocycles. The van der Waals surface area contributed by atoms with Gasteiger partial charge in [0.05, 0.1) is 17.9 Å². The smallest absolute Gasteiger partial charge is 0.265 e. The topological polar surface area (TPSA) is 85.1 Å². The maximum Gasteiger partial charge on any atom is 0.265 e. The Morgan fingerprint density at radius 1 is 1.31 bits per heavy atom. The molecular formula is C20H24N6O2S. The predicted molar refractivity (Wildman–Crippen MR) is 114 cm³/mol. The molecule has 152 valence electrons. The van der Waals surface area contributed by atoms with Gasteiger partial charge in [-0.15, -0.1) is 0 Å². The second-order valence-corrected chi connectivity index (χ2v) is 8.36. The monoisotopic (exact) mass is 412 g/mol. The Balaban J connectivity index is 1.54. The van der Waals surface area contributed by atoms with Crippen LogP contribution in [0, 0.1) is 0 Å². The van der Waals surface area contributed by atoms with Crippen LogP contribution in [0.4, 0.5) is 0 Å². The Bertz CT molecular complexity index is 1080. The largest absolute Gasteiger partial charge is 0.356 e. The van der Waals surface area contributed by atoms with E-state index in [1.807, 2.05) is 44.4 Å². The van der Waals surface area contributed by atoms with Crippen molar-refractivity contribution < 1.29 is 4.79 Å². The van der Waals surface area contributed by atoms with Crippen LogP contribution < -0.4 is 10.9 Å². The summed E-state index contributed by atoms with van der Waals surface area (Å²) in [4.78, 5) is 32.2. The summed E-state index contributed by atoms with van der Waals surface area (Å²) in [5.41, 5.74) is 1.27. The molecule has 1 atom stereocenters. The average Bonchev–Trinajstić information content (AvgIpc) is 3.31. The first-order valence-corrected chi connectivity index (χ1v) is 10.6. The molecule has 29 heavy (non-hydrogen) atoms. The van der Waals surface area contributed by atoms with Crippen molar-refractivity contribution in [2.75, 3.05) is 32.9 Å². The van der Waals surface area contributed by atoms with Crippen molar-refractivity contribution >= 4 is 28.7 Å². The molecule has 1 N–H and O–H groups in total. The third-order valence-electron chi connectivity index (χ3n) is 4.90. The molecule has 1 aromatic carbocycles. The summed E-state index contributed by atoms with van der Waals surface area (Å²) in [6.07, 6.45) is 2.74. The standard InChI is InChI=1S/C20H24N6O2S/c1-24(2)10-6-9-21-17(27)11-15-13-29-20-23-18-16(19(28)25(15)20)12-22-26(18)14-7-4-3-5-8-14/h3-5,7-8,12,15H,6,9-11,13H2,1-2H3,(H,21,27).